The molecule has 0 aliphatic carbocycles. The molecule has 0 spiro atoms. The van der Waals surface area contributed by atoms with Gasteiger partial charge < -0.3 is 9.84 Å². The van der Waals surface area contributed by atoms with Crippen LogP contribution >= 0.6 is 0 Å². The van der Waals surface area contributed by atoms with Crippen LogP contribution in [0, 0.1) is 5.92 Å². The van der Waals surface area contributed by atoms with Crippen LogP contribution in [0.25, 0.3) is 0 Å². The number of hydrogen-bond donors (Lipinski definition) is 1. The van der Waals surface area contributed by atoms with Crippen molar-refractivity contribution in [2.75, 3.05) is 6.61 Å². The van der Waals surface area contributed by atoms with Gasteiger partial charge in [0, 0.05) is 25.1 Å². The number of likely N-dealkylation sites (tertiary alicyclic amines) is 1. The molecule has 1 unspecified atom stereocenters. The van der Waals surface area contributed by atoms with E-state index in [4.69, 9.17) is 4.74 Å². The van der Waals surface area contributed by atoms with Gasteiger partial charge in [-0.05, 0) is 32.8 Å². The van der Waals surface area contributed by atoms with Gasteiger partial charge in [0.1, 0.15) is 11.6 Å². The molecule has 3 atom stereocenters. The number of esters is 1. The molecule has 1 aliphatic heterocycles. The van der Waals surface area contributed by atoms with Crippen LogP contribution in [0.4, 0.5) is 0 Å². The summed E-state index contributed by atoms with van der Waals surface area (Å²) in [5, 5.41) is 9.66. The molecule has 2 rings (SSSR count). The molecule has 126 valence electrons. The van der Waals surface area contributed by atoms with Gasteiger partial charge in [0.25, 0.3) is 0 Å². The molecular weight excluding hydrogens is 290 g/mol. The second-order valence-corrected chi connectivity index (χ2v) is 7.11. The highest BCUT2D eigenvalue weighted by Gasteiger charge is 2.44. The molecule has 4 heteroatoms. The van der Waals surface area contributed by atoms with E-state index in [0.717, 1.165) is 5.56 Å². The maximum Gasteiger partial charge on any atom is 0.323 e. The van der Waals surface area contributed by atoms with Crippen molar-refractivity contribution in [2.45, 2.75) is 51.4 Å². The minimum absolute atomic E-state index is 0.00808. The lowest BCUT2D eigenvalue weighted by Gasteiger charge is -2.30. The number of benzene rings is 1. The summed E-state index contributed by atoms with van der Waals surface area (Å²) in [5.74, 6) is -0.218. The molecule has 0 aromatic heterocycles. The van der Waals surface area contributed by atoms with Crippen LogP contribution in [0.3, 0.4) is 0 Å². The predicted octanol–water partition coefficient (Wildman–Crippen LogP) is 2.77. The van der Waals surface area contributed by atoms with Crippen LogP contribution < -0.4 is 0 Å². The van der Waals surface area contributed by atoms with Crippen molar-refractivity contribution in [3.63, 3.8) is 0 Å². The molecule has 1 fully saturated rings. The van der Waals surface area contributed by atoms with Gasteiger partial charge in [-0.3, -0.25) is 9.69 Å². The van der Waals surface area contributed by atoms with E-state index in [1.807, 2.05) is 57.2 Å². The smallest absolute Gasteiger partial charge is 0.323 e. The number of ether oxygens (including phenoxy) is 1. The molecule has 23 heavy (non-hydrogen) atoms. The molecule has 0 saturated carbocycles. The average Bonchev–Trinajstić information content (AvgIpc) is 2.84. The fourth-order valence-corrected chi connectivity index (χ4v) is 3.16. The number of hydrogen-bond acceptors (Lipinski definition) is 4. The van der Waals surface area contributed by atoms with Gasteiger partial charge in [-0.15, -0.1) is 6.58 Å². The fourth-order valence-electron chi connectivity index (χ4n) is 3.16. The molecule has 1 aliphatic rings. The summed E-state index contributed by atoms with van der Waals surface area (Å²) in [7, 11) is 0. The van der Waals surface area contributed by atoms with Crippen LogP contribution in [-0.4, -0.2) is 40.3 Å². The summed E-state index contributed by atoms with van der Waals surface area (Å²) in [6.07, 6.45) is 2.42. The van der Waals surface area contributed by atoms with Crippen molar-refractivity contribution in [3.8, 4) is 0 Å². The number of rotatable bonds is 5. The molecule has 1 saturated heterocycles. The van der Waals surface area contributed by atoms with E-state index in [2.05, 4.69) is 11.5 Å². The zero-order valence-corrected chi connectivity index (χ0v) is 14.2. The van der Waals surface area contributed by atoms with Crippen molar-refractivity contribution < 1.29 is 14.6 Å². The van der Waals surface area contributed by atoms with Gasteiger partial charge in [0.15, 0.2) is 0 Å². The minimum atomic E-state index is -0.517. The first-order chi connectivity index (χ1) is 10.9. The van der Waals surface area contributed by atoms with Crippen molar-refractivity contribution >= 4 is 5.97 Å². The number of aliphatic hydroxyl groups excluding tert-OH is 1. The summed E-state index contributed by atoms with van der Waals surface area (Å²) in [6.45, 7) is 10.2. The van der Waals surface area contributed by atoms with Gasteiger partial charge >= 0.3 is 5.97 Å². The van der Waals surface area contributed by atoms with Crippen LogP contribution in [-0.2, 0) is 16.1 Å². The summed E-state index contributed by atoms with van der Waals surface area (Å²) < 4.78 is 5.58. The first kappa shape index (κ1) is 17.7. The standard InChI is InChI=1S/C19H27NO3/c1-5-16-15(13-21)11-17(18(22)23-19(2,3)4)20(16)12-14-9-7-6-8-10-14/h5-10,15-17,21H,1,11-13H2,2-4H3/t15?,16-,17+/m0/s1. The number of aliphatic hydroxyl groups is 1. The predicted molar refractivity (Wildman–Crippen MR) is 90.8 cm³/mol. The number of carbonyl (C=O) groups excluding carboxylic acids is 1. The lowest BCUT2D eigenvalue weighted by molar-refractivity contribution is -0.160. The summed E-state index contributed by atoms with van der Waals surface area (Å²) in [5.41, 5.74) is 0.614. The lowest BCUT2D eigenvalue weighted by Crippen LogP contribution is -2.43. The van der Waals surface area contributed by atoms with E-state index in [0.29, 0.717) is 13.0 Å². The van der Waals surface area contributed by atoms with Gasteiger partial charge in [-0.1, -0.05) is 36.4 Å². The van der Waals surface area contributed by atoms with Crippen LogP contribution in [0.1, 0.15) is 32.8 Å². The zero-order valence-electron chi connectivity index (χ0n) is 14.2. The number of nitrogens with zero attached hydrogens (tertiary/aromatic N) is 1. The van der Waals surface area contributed by atoms with Crippen molar-refractivity contribution in [1.29, 1.82) is 0 Å². The van der Waals surface area contributed by atoms with Crippen molar-refractivity contribution in [1.82, 2.24) is 4.90 Å². The Kier molecular flexibility index (Phi) is 5.60. The van der Waals surface area contributed by atoms with Crippen LogP contribution in [0.2, 0.25) is 0 Å². The van der Waals surface area contributed by atoms with E-state index in [9.17, 15) is 9.90 Å². The first-order valence-corrected chi connectivity index (χ1v) is 8.11. The number of carbonyl (C=O) groups is 1. The van der Waals surface area contributed by atoms with Crippen molar-refractivity contribution in [2.24, 2.45) is 5.92 Å². The maximum absolute atomic E-state index is 12.6. The van der Waals surface area contributed by atoms with Gasteiger partial charge in [0.2, 0.25) is 0 Å². The Balaban J connectivity index is 2.23. The Hall–Kier alpha value is -1.65. The second-order valence-electron chi connectivity index (χ2n) is 7.11. The Morgan fingerprint density at radius 2 is 2.04 bits per heavy atom. The molecule has 1 aromatic carbocycles. The lowest BCUT2D eigenvalue weighted by atomic mass is 10.00. The van der Waals surface area contributed by atoms with E-state index in [1.54, 1.807) is 0 Å². The highest BCUT2D eigenvalue weighted by Crippen LogP contribution is 2.33. The topological polar surface area (TPSA) is 49.8 Å². The van der Waals surface area contributed by atoms with E-state index in [1.165, 1.54) is 0 Å². The Morgan fingerprint density at radius 1 is 1.39 bits per heavy atom. The third kappa shape index (κ3) is 4.43. The highest BCUT2D eigenvalue weighted by atomic mass is 16.6. The van der Waals surface area contributed by atoms with Crippen molar-refractivity contribution in [3.05, 3.63) is 48.6 Å². The highest BCUT2D eigenvalue weighted by molar-refractivity contribution is 5.77. The molecule has 1 aromatic rings. The first-order valence-electron chi connectivity index (χ1n) is 8.11. The fraction of sp³-hybridized carbons (Fsp3) is 0.526. The SMILES string of the molecule is C=C[C@H]1C(CO)C[C@H](C(=O)OC(C)(C)C)N1Cc1ccccc1. The molecule has 1 N–H and O–H groups in total. The van der Waals surface area contributed by atoms with Gasteiger partial charge in [-0.25, -0.2) is 0 Å². The molecule has 0 bridgehead atoms. The van der Waals surface area contributed by atoms with Crippen LogP contribution in [0.15, 0.2) is 43.0 Å². The van der Waals surface area contributed by atoms with E-state index >= 15 is 0 Å². The van der Waals surface area contributed by atoms with Gasteiger partial charge in [-0.2, -0.15) is 0 Å². The molecule has 0 radical (unpaired) electrons. The molecule has 4 nitrogen and oxygen atoms in total. The van der Waals surface area contributed by atoms with Crippen LogP contribution in [0.5, 0.6) is 0 Å². The third-order valence-electron chi connectivity index (χ3n) is 4.16. The Morgan fingerprint density at radius 3 is 2.57 bits per heavy atom. The zero-order chi connectivity index (χ0) is 17.0. The summed E-state index contributed by atoms with van der Waals surface area (Å²) in [4.78, 5) is 14.7. The molecule has 0 amide bonds. The van der Waals surface area contributed by atoms with Gasteiger partial charge in [0.05, 0.1) is 0 Å². The summed E-state index contributed by atoms with van der Waals surface area (Å²) >= 11 is 0. The van der Waals surface area contributed by atoms with E-state index in [-0.39, 0.29) is 30.6 Å². The summed E-state index contributed by atoms with van der Waals surface area (Å²) in [6, 6.07) is 9.64. The maximum atomic E-state index is 12.6. The quantitative estimate of drug-likeness (QED) is 0.670. The third-order valence-corrected chi connectivity index (χ3v) is 4.16. The normalized spacial score (nSPS) is 25.3. The molecular formula is C19H27NO3. The Labute approximate surface area is 138 Å². The molecule has 1 heterocycles. The van der Waals surface area contributed by atoms with E-state index < -0.39 is 5.60 Å². The monoisotopic (exact) mass is 317 g/mol. The second kappa shape index (κ2) is 7.28. The average molecular weight is 317 g/mol. The Bertz CT molecular complexity index is 535. The minimum Gasteiger partial charge on any atom is -0.459 e. The largest absolute Gasteiger partial charge is 0.459 e.